The predicted molar refractivity (Wildman–Crippen MR) is 322 cm³/mol. The Morgan fingerprint density at radius 2 is 0.368 bits per heavy atom. The predicted octanol–water partition coefficient (Wildman–Crippen LogP) is 19.8. The van der Waals surface area contributed by atoms with Crippen molar-refractivity contribution >= 4 is 77.7 Å². The zero-order valence-corrected chi connectivity index (χ0v) is 41.8. The number of rotatable bonds is 10. The molecule has 76 heavy (non-hydrogen) atoms. The zero-order valence-electron chi connectivity index (χ0n) is 41.8. The molecule has 14 aromatic rings. The number of benzene rings is 12. The van der Waals surface area contributed by atoms with Gasteiger partial charge < -0.3 is 18.9 Å². The largest absolute Gasteiger partial charge is 0.311 e. The number of para-hydroxylation sites is 8. The van der Waals surface area contributed by atoms with E-state index in [1.54, 1.807) is 0 Å². The fourth-order valence-electron chi connectivity index (χ4n) is 10.8. The smallest absolute Gasteiger partial charge is 0.0541 e. The molecule has 0 radical (unpaired) electrons. The third-order valence-corrected chi connectivity index (χ3v) is 14.4. The number of hydrogen-bond donors (Lipinski definition) is 0. The molecule has 14 rings (SSSR count). The molecule has 0 fully saturated rings. The summed E-state index contributed by atoms with van der Waals surface area (Å²) < 4.78 is 4.71. The monoisotopic (exact) mass is 972 g/mol. The van der Waals surface area contributed by atoms with E-state index in [0.717, 1.165) is 34.1 Å². The van der Waals surface area contributed by atoms with Crippen molar-refractivity contribution in [2.24, 2.45) is 0 Å². The van der Waals surface area contributed by atoms with Crippen LogP contribution in [-0.2, 0) is 0 Å². The highest BCUT2D eigenvalue weighted by molar-refractivity contribution is 6.10. The molecule has 4 heteroatoms. The number of hydrogen-bond acceptors (Lipinski definition) is 2. The quantitative estimate of drug-likeness (QED) is 0.136. The lowest BCUT2D eigenvalue weighted by Gasteiger charge is -2.25. The fourth-order valence-corrected chi connectivity index (χ4v) is 10.8. The number of anilines is 6. The Kier molecular flexibility index (Phi) is 12.3. The molecule has 0 aliphatic rings. The normalized spacial score (nSPS) is 11.2. The van der Waals surface area contributed by atoms with Crippen molar-refractivity contribution in [2.45, 2.75) is 0 Å². The van der Waals surface area contributed by atoms with E-state index < -0.39 is 0 Å². The Balaban J connectivity index is 0.000000146. The summed E-state index contributed by atoms with van der Waals surface area (Å²) in [7, 11) is 0. The maximum absolute atomic E-state index is 2.36. The lowest BCUT2D eigenvalue weighted by molar-refractivity contribution is 1.18. The summed E-state index contributed by atoms with van der Waals surface area (Å²) in [6, 6.07) is 112. The molecule has 0 spiro atoms. The van der Waals surface area contributed by atoms with Crippen molar-refractivity contribution in [1.29, 1.82) is 0 Å². The Hall–Kier alpha value is -10.2. The van der Waals surface area contributed by atoms with Crippen molar-refractivity contribution in [3.05, 3.63) is 315 Å². The van der Waals surface area contributed by atoms with Gasteiger partial charge in [0.1, 0.15) is 0 Å². The molecule has 2 heterocycles. The minimum absolute atomic E-state index is 1.13. The average molecular weight is 973 g/mol. The molecule has 0 saturated carbocycles. The van der Waals surface area contributed by atoms with E-state index in [4.69, 9.17) is 0 Å². The van der Waals surface area contributed by atoms with Crippen LogP contribution in [0.1, 0.15) is 0 Å². The van der Waals surface area contributed by atoms with Crippen LogP contribution in [0.4, 0.5) is 34.1 Å². The molecule has 0 amide bonds. The standard InChI is InChI=1S/2C36H26N2/c2*1-3-11-29(12-4-1)37(30-13-5-2-6-14-30)31-23-19-27(20-24-31)28-21-25-32(26-22-28)38-35-17-9-7-15-33(35)34-16-8-10-18-36(34)38/h2*1-26H. The van der Waals surface area contributed by atoms with Gasteiger partial charge in [0.25, 0.3) is 0 Å². The molecule has 0 saturated heterocycles. The second-order valence-corrected chi connectivity index (χ2v) is 18.9. The molecule has 2 aromatic heterocycles. The van der Waals surface area contributed by atoms with E-state index >= 15 is 0 Å². The minimum atomic E-state index is 1.13. The van der Waals surface area contributed by atoms with Gasteiger partial charge in [-0.3, -0.25) is 0 Å². The molecule has 0 atom stereocenters. The first-order chi connectivity index (χ1) is 37.7. The number of fused-ring (bicyclic) bond motifs is 6. The number of aromatic nitrogens is 2. The Bertz CT molecular complexity index is 3760. The molecule has 12 aromatic carbocycles. The van der Waals surface area contributed by atoms with Gasteiger partial charge in [-0.2, -0.15) is 0 Å². The van der Waals surface area contributed by atoms with Crippen LogP contribution >= 0.6 is 0 Å². The molecule has 360 valence electrons. The van der Waals surface area contributed by atoms with Crippen LogP contribution in [0.15, 0.2) is 315 Å². The van der Waals surface area contributed by atoms with E-state index in [-0.39, 0.29) is 0 Å². The van der Waals surface area contributed by atoms with Crippen LogP contribution < -0.4 is 9.80 Å². The molecular formula is C72H52N4. The first kappa shape index (κ1) is 45.7. The van der Waals surface area contributed by atoms with E-state index in [2.05, 4.69) is 334 Å². The van der Waals surface area contributed by atoms with Crippen molar-refractivity contribution in [2.75, 3.05) is 9.80 Å². The summed E-state index contributed by atoms with van der Waals surface area (Å²) in [5.74, 6) is 0. The van der Waals surface area contributed by atoms with Crippen LogP contribution in [0.5, 0.6) is 0 Å². The maximum atomic E-state index is 2.36. The second-order valence-electron chi connectivity index (χ2n) is 18.9. The fraction of sp³-hybridized carbons (Fsp3) is 0. The first-order valence-electron chi connectivity index (χ1n) is 25.9. The summed E-state index contributed by atoms with van der Waals surface area (Å²) in [5, 5.41) is 5.13. The van der Waals surface area contributed by atoms with Crippen LogP contribution in [0.3, 0.4) is 0 Å². The topological polar surface area (TPSA) is 16.3 Å². The van der Waals surface area contributed by atoms with Crippen LogP contribution in [0.25, 0.3) is 77.2 Å². The third kappa shape index (κ3) is 8.74. The van der Waals surface area contributed by atoms with E-state index in [9.17, 15) is 0 Å². The van der Waals surface area contributed by atoms with Crippen molar-refractivity contribution in [1.82, 2.24) is 9.13 Å². The third-order valence-electron chi connectivity index (χ3n) is 14.4. The average Bonchev–Trinajstić information content (AvgIpc) is 4.02. The van der Waals surface area contributed by atoms with Gasteiger partial charge in [0, 0.05) is 67.0 Å². The van der Waals surface area contributed by atoms with Gasteiger partial charge in [0.2, 0.25) is 0 Å². The van der Waals surface area contributed by atoms with Gasteiger partial charge in [0.05, 0.1) is 22.1 Å². The van der Waals surface area contributed by atoms with Crippen LogP contribution in [-0.4, -0.2) is 9.13 Å². The van der Waals surface area contributed by atoms with Crippen LogP contribution in [0.2, 0.25) is 0 Å². The summed E-state index contributed by atoms with van der Waals surface area (Å²) in [6.45, 7) is 0. The van der Waals surface area contributed by atoms with Crippen molar-refractivity contribution in [3.63, 3.8) is 0 Å². The van der Waals surface area contributed by atoms with Crippen LogP contribution in [0, 0.1) is 0 Å². The molecular weight excluding hydrogens is 921 g/mol. The molecule has 4 nitrogen and oxygen atoms in total. The highest BCUT2D eigenvalue weighted by atomic mass is 15.1. The maximum Gasteiger partial charge on any atom is 0.0541 e. The first-order valence-corrected chi connectivity index (χ1v) is 25.9. The second kappa shape index (κ2) is 20.4. The van der Waals surface area contributed by atoms with Gasteiger partial charge in [-0.25, -0.2) is 0 Å². The van der Waals surface area contributed by atoms with E-state index in [1.807, 2.05) is 0 Å². The Labute approximate surface area is 443 Å². The highest BCUT2D eigenvalue weighted by Gasteiger charge is 2.16. The summed E-state index contributed by atoms with van der Waals surface area (Å²) >= 11 is 0. The van der Waals surface area contributed by atoms with Gasteiger partial charge in [-0.1, -0.05) is 194 Å². The Morgan fingerprint density at radius 3 is 0.618 bits per heavy atom. The van der Waals surface area contributed by atoms with Gasteiger partial charge in [-0.15, -0.1) is 0 Å². The van der Waals surface area contributed by atoms with Crippen molar-refractivity contribution in [3.8, 4) is 33.6 Å². The van der Waals surface area contributed by atoms with Gasteiger partial charge >= 0.3 is 0 Å². The molecule has 0 bridgehead atoms. The molecule has 0 N–H and O–H groups in total. The lowest BCUT2D eigenvalue weighted by atomic mass is 10.0. The van der Waals surface area contributed by atoms with E-state index in [0.29, 0.717) is 0 Å². The molecule has 0 aliphatic heterocycles. The summed E-state index contributed by atoms with van der Waals surface area (Å²) in [5.41, 5.74) is 18.9. The highest BCUT2D eigenvalue weighted by Crippen LogP contribution is 2.39. The lowest BCUT2D eigenvalue weighted by Crippen LogP contribution is -2.09. The SMILES string of the molecule is c1ccc(N(c2ccccc2)c2ccc(-c3ccc(-n4c5ccccc5c5ccccc54)cc3)cc2)cc1.c1ccc(N(c2ccccc2)c2ccc(-c3ccc(-n4c5ccccc5c5ccccc54)cc3)cc2)cc1. The molecule has 0 unspecified atom stereocenters. The minimum Gasteiger partial charge on any atom is -0.311 e. The van der Waals surface area contributed by atoms with Gasteiger partial charge in [0.15, 0.2) is 0 Å². The Morgan fingerprint density at radius 1 is 0.171 bits per heavy atom. The zero-order chi connectivity index (χ0) is 50.6. The summed E-state index contributed by atoms with van der Waals surface area (Å²) in [4.78, 5) is 4.57. The van der Waals surface area contributed by atoms with E-state index in [1.165, 1.54) is 77.2 Å². The summed E-state index contributed by atoms with van der Waals surface area (Å²) in [6.07, 6.45) is 0. The molecule has 0 aliphatic carbocycles. The van der Waals surface area contributed by atoms with Crippen molar-refractivity contribution < 1.29 is 0 Å². The number of nitrogens with zero attached hydrogens (tertiary/aromatic N) is 4. The van der Waals surface area contributed by atoms with Gasteiger partial charge in [-0.05, 0) is 144 Å².